The molecule has 30 heavy (non-hydrogen) atoms. The minimum atomic E-state index is -1.46. The Labute approximate surface area is 175 Å². The standard InChI is InChI=1S/C23H27NO6/c1-15-12-18(19(25)14-30-22(26)23(27)8-4-3-5-9-23)16(2)24(15)17-6-7-20-21(13-17)29-11-10-28-20/h6-7,12-13,27H,3-5,8-11,14H2,1-2H3. The van der Waals surface area contributed by atoms with Crippen LogP contribution in [0.2, 0.25) is 0 Å². The first-order valence-corrected chi connectivity index (χ1v) is 10.4. The van der Waals surface area contributed by atoms with Crippen molar-refractivity contribution in [3.05, 3.63) is 41.2 Å². The zero-order valence-corrected chi connectivity index (χ0v) is 17.4. The molecular weight excluding hydrogens is 386 g/mol. The fraction of sp³-hybridized carbons (Fsp3) is 0.478. The van der Waals surface area contributed by atoms with Crippen LogP contribution < -0.4 is 9.47 Å². The van der Waals surface area contributed by atoms with Gasteiger partial charge in [0.1, 0.15) is 13.2 Å². The van der Waals surface area contributed by atoms with Crippen LogP contribution in [-0.4, -0.2) is 46.8 Å². The molecular formula is C23H27NO6. The molecule has 7 nitrogen and oxygen atoms in total. The number of Topliss-reactive ketones (excluding diaryl/α,β-unsaturated/α-hetero) is 1. The van der Waals surface area contributed by atoms with E-state index in [1.54, 1.807) is 6.07 Å². The van der Waals surface area contributed by atoms with E-state index in [0.717, 1.165) is 36.3 Å². The second-order valence-electron chi connectivity index (χ2n) is 8.04. The minimum Gasteiger partial charge on any atom is -0.486 e. The predicted octanol–water partition coefficient (Wildman–Crippen LogP) is 3.29. The van der Waals surface area contributed by atoms with Crippen LogP contribution >= 0.6 is 0 Å². The molecule has 2 heterocycles. The normalized spacial score (nSPS) is 17.4. The van der Waals surface area contributed by atoms with Crippen LogP contribution in [0.15, 0.2) is 24.3 Å². The first kappa shape index (κ1) is 20.5. The molecule has 7 heteroatoms. The number of ether oxygens (including phenoxy) is 3. The van der Waals surface area contributed by atoms with Gasteiger partial charge in [-0.2, -0.15) is 0 Å². The van der Waals surface area contributed by atoms with Crippen molar-refractivity contribution >= 4 is 11.8 Å². The van der Waals surface area contributed by atoms with Gasteiger partial charge in [0.25, 0.3) is 0 Å². The topological polar surface area (TPSA) is 87.0 Å². The maximum Gasteiger partial charge on any atom is 0.338 e. The fourth-order valence-electron chi connectivity index (χ4n) is 4.30. The lowest BCUT2D eigenvalue weighted by Gasteiger charge is -2.29. The monoisotopic (exact) mass is 413 g/mol. The van der Waals surface area contributed by atoms with E-state index in [1.165, 1.54) is 0 Å². The molecule has 4 rings (SSSR count). The average molecular weight is 413 g/mol. The van der Waals surface area contributed by atoms with Gasteiger partial charge in [0.05, 0.1) is 0 Å². The molecule has 0 amide bonds. The Morgan fingerprint density at radius 2 is 1.77 bits per heavy atom. The Morgan fingerprint density at radius 1 is 1.07 bits per heavy atom. The van der Waals surface area contributed by atoms with Crippen LogP contribution in [0.1, 0.15) is 53.8 Å². The number of hydrogen-bond acceptors (Lipinski definition) is 6. The smallest absolute Gasteiger partial charge is 0.338 e. The SMILES string of the molecule is Cc1cc(C(=O)COC(=O)C2(O)CCCCC2)c(C)n1-c1ccc2c(c1)OCCO2. The highest BCUT2D eigenvalue weighted by atomic mass is 16.6. The second-order valence-corrected chi connectivity index (χ2v) is 8.04. The van der Waals surface area contributed by atoms with E-state index in [1.807, 2.05) is 36.6 Å². The number of rotatable bonds is 5. The third-order valence-electron chi connectivity index (χ3n) is 5.91. The van der Waals surface area contributed by atoms with E-state index in [0.29, 0.717) is 43.1 Å². The van der Waals surface area contributed by atoms with E-state index in [4.69, 9.17) is 14.2 Å². The third-order valence-corrected chi connectivity index (χ3v) is 5.91. The summed E-state index contributed by atoms with van der Waals surface area (Å²) >= 11 is 0. The molecule has 1 aromatic heterocycles. The van der Waals surface area contributed by atoms with Gasteiger partial charge in [0, 0.05) is 28.7 Å². The summed E-state index contributed by atoms with van der Waals surface area (Å²) in [6.45, 7) is 4.42. The van der Waals surface area contributed by atoms with Gasteiger partial charge in [0.15, 0.2) is 23.7 Å². The van der Waals surface area contributed by atoms with Gasteiger partial charge in [0.2, 0.25) is 5.78 Å². The maximum absolute atomic E-state index is 12.8. The van der Waals surface area contributed by atoms with Gasteiger partial charge in [-0.1, -0.05) is 6.42 Å². The van der Waals surface area contributed by atoms with E-state index in [-0.39, 0.29) is 12.4 Å². The average Bonchev–Trinajstić information content (AvgIpc) is 3.06. The number of esters is 1. The van der Waals surface area contributed by atoms with E-state index >= 15 is 0 Å². The Morgan fingerprint density at radius 3 is 2.50 bits per heavy atom. The molecule has 2 aliphatic rings. The van der Waals surface area contributed by atoms with Crippen LogP contribution in [0.3, 0.4) is 0 Å². The summed E-state index contributed by atoms with van der Waals surface area (Å²) < 4.78 is 18.4. The summed E-state index contributed by atoms with van der Waals surface area (Å²) in [5.74, 6) is 0.390. The zero-order valence-electron chi connectivity index (χ0n) is 17.4. The second kappa shape index (κ2) is 8.14. The first-order chi connectivity index (χ1) is 14.4. The quantitative estimate of drug-likeness (QED) is 0.598. The van der Waals surface area contributed by atoms with Gasteiger partial charge in [-0.3, -0.25) is 4.79 Å². The summed E-state index contributed by atoms with van der Waals surface area (Å²) in [7, 11) is 0. The summed E-state index contributed by atoms with van der Waals surface area (Å²) in [5.41, 5.74) is 1.53. The van der Waals surface area contributed by atoms with Crippen molar-refractivity contribution in [2.24, 2.45) is 0 Å². The van der Waals surface area contributed by atoms with Crippen LogP contribution in [0.5, 0.6) is 11.5 Å². The lowest BCUT2D eigenvalue weighted by atomic mass is 9.85. The zero-order chi connectivity index (χ0) is 21.3. The van der Waals surface area contributed by atoms with Crippen molar-refractivity contribution in [3.63, 3.8) is 0 Å². The number of carbonyl (C=O) groups excluding carboxylic acids is 2. The number of ketones is 1. The number of aromatic nitrogens is 1. The molecule has 1 aliphatic carbocycles. The lowest BCUT2D eigenvalue weighted by Crippen LogP contribution is -2.42. The maximum atomic E-state index is 12.8. The minimum absolute atomic E-state index is 0.292. The summed E-state index contributed by atoms with van der Waals surface area (Å²) in [6, 6.07) is 7.45. The lowest BCUT2D eigenvalue weighted by molar-refractivity contribution is -0.167. The van der Waals surface area contributed by atoms with Gasteiger partial charge < -0.3 is 23.9 Å². The number of hydrogen-bond donors (Lipinski definition) is 1. The molecule has 160 valence electrons. The molecule has 0 atom stereocenters. The Kier molecular flexibility index (Phi) is 5.56. The van der Waals surface area contributed by atoms with Gasteiger partial charge in [-0.05, 0) is 57.7 Å². The van der Waals surface area contributed by atoms with Crippen molar-refractivity contribution in [1.82, 2.24) is 4.57 Å². The van der Waals surface area contributed by atoms with E-state index in [9.17, 15) is 14.7 Å². The van der Waals surface area contributed by atoms with Crippen molar-refractivity contribution in [2.45, 2.75) is 51.6 Å². The van der Waals surface area contributed by atoms with Gasteiger partial charge in [-0.25, -0.2) is 4.79 Å². The van der Waals surface area contributed by atoms with Crippen molar-refractivity contribution in [2.75, 3.05) is 19.8 Å². The number of nitrogens with zero attached hydrogens (tertiary/aromatic N) is 1. The number of aliphatic hydroxyl groups is 1. The molecule has 1 saturated carbocycles. The molecule has 0 saturated heterocycles. The molecule has 0 unspecified atom stereocenters. The van der Waals surface area contributed by atoms with Crippen LogP contribution in [0.4, 0.5) is 0 Å². The third kappa shape index (κ3) is 3.81. The fourth-order valence-corrected chi connectivity index (χ4v) is 4.30. The molecule has 0 spiro atoms. The molecule has 1 aliphatic heterocycles. The van der Waals surface area contributed by atoms with Crippen molar-refractivity contribution < 1.29 is 28.9 Å². The predicted molar refractivity (Wildman–Crippen MR) is 110 cm³/mol. The van der Waals surface area contributed by atoms with Crippen molar-refractivity contribution in [3.8, 4) is 17.2 Å². The van der Waals surface area contributed by atoms with Gasteiger partial charge in [-0.15, -0.1) is 0 Å². The molecule has 1 fully saturated rings. The number of fused-ring (bicyclic) bond motifs is 1. The highest BCUT2D eigenvalue weighted by Gasteiger charge is 2.39. The molecule has 1 N–H and O–H groups in total. The van der Waals surface area contributed by atoms with Crippen LogP contribution in [0, 0.1) is 13.8 Å². The Bertz CT molecular complexity index is 970. The van der Waals surface area contributed by atoms with Crippen LogP contribution in [-0.2, 0) is 9.53 Å². The highest BCUT2D eigenvalue weighted by Crippen LogP contribution is 2.34. The van der Waals surface area contributed by atoms with Gasteiger partial charge >= 0.3 is 5.97 Å². The van der Waals surface area contributed by atoms with Crippen molar-refractivity contribution in [1.29, 1.82) is 0 Å². The highest BCUT2D eigenvalue weighted by molar-refractivity contribution is 5.99. The molecule has 2 aromatic rings. The molecule has 1 aromatic carbocycles. The summed E-state index contributed by atoms with van der Waals surface area (Å²) in [4.78, 5) is 25.1. The Balaban J connectivity index is 1.50. The summed E-state index contributed by atoms with van der Waals surface area (Å²) in [6.07, 6.45) is 3.35. The number of benzene rings is 1. The number of carbonyl (C=O) groups is 2. The summed E-state index contributed by atoms with van der Waals surface area (Å²) in [5, 5.41) is 10.5. The molecule has 0 radical (unpaired) electrons. The number of aryl methyl sites for hydroxylation is 1. The van der Waals surface area contributed by atoms with Crippen LogP contribution in [0.25, 0.3) is 5.69 Å². The van der Waals surface area contributed by atoms with E-state index < -0.39 is 11.6 Å². The first-order valence-electron chi connectivity index (χ1n) is 10.4. The van der Waals surface area contributed by atoms with E-state index in [2.05, 4.69) is 0 Å². The largest absolute Gasteiger partial charge is 0.486 e. The Hall–Kier alpha value is -2.80. The molecule has 0 bridgehead atoms.